The molecule has 0 saturated heterocycles. The third-order valence-electron chi connectivity index (χ3n) is 6.53. The molecule has 40 heavy (non-hydrogen) atoms. The summed E-state index contributed by atoms with van der Waals surface area (Å²) in [5.74, 6) is 1.31. The van der Waals surface area contributed by atoms with Crippen LogP contribution in [0.15, 0.2) is 91.1 Å². The zero-order chi connectivity index (χ0) is 27.9. The maximum atomic E-state index is 13.1. The minimum absolute atomic E-state index is 0.195. The summed E-state index contributed by atoms with van der Waals surface area (Å²) in [5.41, 5.74) is 5.05. The molecule has 0 amide bonds. The summed E-state index contributed by atoms with van der Waals surface area (Å²) < 4.78 is 19.1. The van der Waals surface area contributed by atoms with Crippen LogP contribution in [0.2, 0.25) is 0 Å². The molecule has 2 heterocycles. The summed E-state index contributed by atoms with van der Waals surface area (Å²) in [7, 11) is 1.60. The SMILES string of the molecule is COc1nc(CC(C)C)c(OCc2ccccc2)nc1Cc1cn(C(=O)OCc2ccccc2)c2ccccc12. The molecule has 7 heteroatoms. The molecule has 0 aliphatic rings. The number of nitrogens with zero attached hydrogens (tertiary/aromatic N) is 3. The first-order valence-electron chi connectivity index (χ1n) is 13.4. The second-order valence-electron chi connectivity index (χ2n) is 10.1. The molecule has 0 saturated carbocycles. The quantitative estimate of drug-likeness (QED) is 0.192. The molecule has 0 aliphatic heterocycles. The van der Waals surface area contributed by atoms with Gasteiger partial charge in [-0.05, 0) is 35.1 Å². The molecule has 0 aliphatic carbocycles. The molecule has 0 N–H and O–H groups in total. The number of carbonyl (C=O) groups excluding carboxylic acids is 1. The van der Waals surface area contributed by atoms with Crippen LogP contribution < -0.4 is 9.47 Å². The topological polar surface area (TPSA) is 75.5 Å². The molecular weight excluding hydrogens is 502 g/mol. The second kappa shape index (κ2) is 12.5. The minimum Gasteiger partial charge on any atom is -0.480 e. The van der Waals surface area contributed by atoms with Gasteiger partial charge in [-0.15, -0.1) is 0 Å². The van der Waals surface area contributed by atoms with Gasteiger partial charge in [0.2, 0.25) is 11.8 Å². The molecule has 3 aromatic carbocycles. The van der Waals surface area contributed by atoms with Crippen molar-refractivity contribution in [1.29, 1.82) is 0 Å². The fourth-order valence-electron chi connectivity index (χ4n) is 4.62. The Labute approximate surface area is 234 Å². The van der Waals surface area contributed by atoms with Gasteiger partial charge < -0.3 is 14.2 Å². The van der Waals surface area contributed by atoms with Crippen molar-refractivity contribution in [3.8, 4) is 11.8 Å². The largest absolute Gasteiger partial charge is 0.480 e. The van der Waals surface area contributed by atoms with Crippen molar-refractivity contribution < 1.29 is 19.0 Å². The summed E-state index contributed by atoms with van der Waals surface area (Å²) in [6.07, 6.45) is 2.48. The van der Waals surface area contributed by atoms with E-state index in [9.17, 15) is 4.79 Å². The Kier molecular flexibility index (Phi) is 8.40. The third kappa shape index (κ3) is 6.31. The normalized spacial score (nSPS) is 11.1. The van der Waals surface area contributed by atoms with E-state index in [2.05, 4.69) is 13.8 Å². The molecule has 204 valence electrons. The number of aromatic nitrogens is 3. The Bertz CT molecular complexity index is 1580. The Balaban J connectivity index is 1.45. The van der Waals surface area contributed by atoms with Crippen LogP contribution in [0, 0.1) is 5.92 Å². The van der Waals surface area contributed by atoms with Gasteiger partial charge in [0.15, 0.2) is 0 Å². The number of hydrogen-bond acceptors (Lipinski definition) is 6. The van der Waals surface area contributed by atoms with Gasteiger partial charge in [0.1, 0.15) is 24.6 Å². The maximum Gasteiger partial charge on any atom is 0.418 e. The van der Waals surface area contributed by atoms with E-state index in [0.717, 1.165) is 33.3 Å². The van der Waals surface area contributed by atoms with E-state index in [1.807, 2.05) is 91.1 Å². The van der Waals surface area contributed by atoms with Gasteiger partial charge in [-0.2, -0.15) is 0 Å². The van der Waals surface area contributed by atoms with Crippen molar-refractivity contribution in [2.45, 2.75) is 39.9 Å². The standard InChI is InChI=1S/C33H33N3O4/c1-23(2)18-28-32(39-21-24-12-6-4-7-13-24)35-29(31(34-28)38-3)19-26-20-36(30-17-11-10-16-27(26)30)33(37)40-22-25-14-8-5-9-15-25/h4-17,20,23H,18-19,21-22H2,1-3H3. The second-order valence-corrected chi connectivity index (χ2v) is 10.1. The zero-order valence-electron chi connectivity index (χ0n) is 23.0. The van der Waals surface area contributed by atoms with Crippen LogP contribution >= 0.6 is 0 Å². The van der Waals surface area contributed by atoms with E-state index in [1.54, 1.807) is 11.7 Å². The first kappa shape index (κ1) is 26.9. The fourth-order valence-corrected chi connectivity index (χ4v) is 4.62. The highest BCUT2D eigenvalue weighted by molar-refractivity contribution is 5.92. The van der Waals surface area contributed by atoms with Crippen molar-refractivity contribution in [3.63, 3.8) is 0 Å². The summed E-state index contributed by atoms with van der Waals surface area (Å²) in [6, 6.07) is 27.4. The molecule has 2 aromatic heterocycles. The van der Waals surface area contributed by atoms with Crippen molar-refractivity contribution >= 4 is 17.0 Å². The summed E-state index contributed by atoms with van der Waals surface area (Å²) in [4.78, 5) is 22.8. The van der Waals surface area contributed by atoms with E-state index in [4.69, 9.17) is 24.2 Å². The van der Waals surface area contributed by atoms with E-state index < -0.39 is 6.09 Å². The highest BCUT2D eigenvalue weighted by Gasteiger charge is 2.21. The molecular formula is C33H33N3O4. The lowest BCUT2D eigenvalue weighted by Crippen LogP contribution is -2.12. The number of fused-ring (bicyclic) bond motifs is 1. The summed E-state index contributed by atoms with van der Waals surface area (Å²) in [5, 5.41) is 0.932. The molecule has 0 fully saturated rings. The van der Waals surface area contributed by atoms with Gasteiger partial charge >= 0.3 is 6.09 Å². The number of ether oxygens (including phenoxy) is 3. The fraction of sp³-hybridized carbons (Fsp3) is 0.242. The monoisotopic (exact) mass is 535 g/mol. The Morgan fingerprint density at radius 2 is 1.43 bits per heavy atom. The highest BCUT2D eigenvalue weighted by Crippen LogP contribution is 2.30. The number of benzene rings is 3. The Morgan fingerprint density at radius 1 is 0.800 bits per heavy atom. The zero-order valence-corrected chi connectivity index (χ0v) is 23.0. The molecule has 0 radical (unpaired) electrons. The lowest BCUT2D eigenvalue weighted by Gasteiger charge is -2.15. The average Bonchev–Trinajstić information content (AvgIpc) is 3.35. The van der Waals surface area contributed by atoms with Gasteiger partial charge in [-0.3, -0.25) is 4.57 Å². The van der Waals surface area contributed by atoms with Crippen LogP contribution in [0.5, 0.6) is 11.8 Å². The predicted octanol–water partition coefficient (Wildman–Crippen LogP) is 6.99. The smallest absolute Gasteiger partial charge is 0.418 e. The average molecular weight is 536 g/mol. The minimum atomic E-state index is -0.441. The molecule has 0 bridgehead atoms. The van der Waals surface area contributed by atoms with Crippen molar-refractivity contribution in [3.05, 3.63) is 119 Å². The van der Waals surface area contributed by atoms with Crippen molar-refractivity contribution in [2.75, 3.05) is 7.11 Å². The number of rotatable bonds is 10. The van der Waals surface area contributed by atoms with Gasteiger partial charge in [0.05, 0.1) is 12.6 Å². The van der Waals surface area contributed by atoms with Crippen LogP contribution in [0.25, 0.3) is 10.9 Å². The Morgan fingerprint density at radius 3 is 2.10 bits per heavy atom. The number of methoxy groups -OCH3 is 1. The first-order chi connectivity index (χ1) is 19.5. The van der Waals surface area contributed by atoms with Gasteiger partial charge in [0, 0.05) is 18.0 Å². The molecule has 0 atom stereocenters. The van der Waals surface area contributed by atoms with Crippen molar-refractivity contribution in [2.24, 2.45) is 5.92 Å². The first-order valence-corrected chi connectivity index (χ1v) is 13.4. The molecule has 7 nitrogen and oxygen atoms in total. The number of carbonyl (C=O) groups is 1. The maximum absolute atomic E-state index is 13.1. The van der Waals surface area contributed by atoms with Crippen LogP contribution in [-0.4, -0.2) is 27.7 Å². The van der Waals surface area contributed by atoms with Crippen LogP contribution in [0.4, 0.5) is 4.79 Å². The van der Waals surface area contributed by atoms with E-state index in [-0.39, 0.29) is 6.61 Å². The molecule has 0 spiro atoms. The highest BCUT2D eigenvalue weighted by atomic mass is 16.5. The molecule has 5 aromatic rings. The van der Waals surface area contributed by atoms with Gasteiger partial charge in [0.25, 0.3) is 0 Å². The van der Waals surface area contributed by atoms with Crippen LogP contribution in [0.3, 0.4) is 0 Å². The lowest BCUT2D eigenvalue weighted by molar-refractivity contribution is 0.142. The van der Waals surface area contributed by atoms with E-state index >= 15 is 0 Å². The van der Waals surface area contributed by atoms with Crippen molar-refractivity contribution in [1.82, 2.24) is 14.5 Å². The van der Waals surface area contributed by atoms with Gasteiger partial charge in [-0.25, -0.2) is 14.8 Å². The summed E-state index contributed by atoms with van der Waals surface area (Å²) >= 11 is 0. The summed E-state index contributed by atoms with van der Waals surface area (Å²) in [6.45, 7) is 4.85. The number of para-hydroxylation sites is 1. The molecule has 5 rings (SSSR count). The third-order valence-corrected chi connectivity index (χ3v) is 6.53. The van der Waals surface area contributed by atoms with Gasteiger partial charge in [-0.1, -0.05) is 92.7 Å². The van der Waals surface area contributed by atoms with Crippen LogP contribution in [0.1, 0.15) is 41.9 Å². The predicted molar refractivity (Wildman–Crippen MR) is 155 cm³/mol. The van der Waals surface area contributed by atoms with E-state index in [0.29, 0.717) is 42.8 Å². The van der Waals surface area contributed by atoms with E-state index in [1.165, 1.54) is 0 Å². The Hall–Kier alpha value is -4.65. The lowest BCUT2D eigenvalue weighted by atomic mass is 10.1. The number of hydrogen-bond donors (Lipinski definition) is 0. The molecule has 0 unspecified atom stereocenters. The van der Waals surface area contributed by atoms with Crippen LogP contribution in [-0.2, 0) is 30.8 Å².